The van der Waals surface area contributed by atoms with Crippen LogP contribution >= 0.6 is 0 Å². The Kier molecular flexibility index (Phi) is 5.70. The molecule has 0 atom stereocenters. The number of hydrogen-bond donors (Lipinski definition) is 1. The number of amides is 1. The molecule has 24 heavy (non-hydrogen) atoms. The van der Waals surface area contributed by atoms with Gasteiger partial charge in [-0.1, -0.05) is 30.3 Å². The second-order valence-corrected chi connectivity index (χ2v) is 7.14. The van der Waals surface area contributed by atoms with Crippen LogP contribution < -0.4 is 5.32 Å². The first-order valence-electron chi connectivity index (χ1n) is 7.14. The Balaban J connectivity index is 1.83. The van der Waals surface area contributed by atoms with Crippen LogP contribution in [0.4, 0.5) is 0 Å². The Morgan fingerprint density at radius 2 is 1.62 bits per heavy atom. The van der Waals surface area contributed by atoms with E-state index >= 15 is 0 Å². The van der Waals surface area contributed by atoms with Gasteiger partial charge in [0.15, 0.2) is 9.84 Å². The van der Waals surface area contributed by atoms with Crippen LogP contribution in [0.5, 0.6) is 0 Å². The molecule has 0 radical (unpaired) electrons. The number of ether oxygens (including phenoxy) is 1. The molecule has 0 heterocycles. The molecule has 0 unspecified atom stereocenters. The average molecular weight is 347 g/mol. The highest BCUT2D eigenvalue weighted by Gasteiger charge is 2.11. The van der Waals surface area contributed by atoms with Gasteiger partial charge in [0.25, 0.3) is 5.91 Å². The molecule has 2 aromatic carbocycles. The van der Waals surface area contributed by atoms with Crippen LogP contribution in [0.25, 0.3) is 0 Å². The van der Waals surface area contributed by atoms with Gasteiger partial charge in [0, 0.05) is 11.8 Å². The summed E-state index contributed by atoms with van der Waals surface area (Å²) in [6.45, 7) is -0.127. The Morgan fingerprint density at radius 1 is 1.00 bits per heavy atom. The van der Waals surface area contributed by atoms with Crippen LogP contribution in [0.3, 0.4) is 0 Å². The van der Waals surface area contributed by atoms with Gasteiger partial charge in [0.1, 0.15) is 13.2 Å². The van der Waals surface area contributed by atoms with Crippen molar-refractivity contribution in [2.75, 3.05) is 12.8 Å². The van der Waals surface area contributed by atoms with Crippen molar-refractivity contribution in [2.45, 2.75) is 11.5 Å². The molecule has 0 aliphatic carbocycles. The van der Waals surface area contributed by atoms with E-state index in [1.165, 1.54) is 24.3 Å². The number of rotatable bonds is 6. The van der Waals surface area contributed by atoms with E-state index in [0.29, 0.717) is 0 Å². The van der Waals surface area contributed by atoms with Crippen LogP contribution in [0, 0.1) is 0 Å². The SMILES string of the molecule is CS(=O)(=O)c1ccc(C(=O)NCC(=O)OCc2ccccc2)cc1. The summed E-state index contributed by atoms with van der Waals surface area (Å²) in [5, 5.41) is 2.43. The first kappa shape index (κ1) is 17.7. The van der Waals surface area contributed by atoms with Crippen molar-refractivity contribution in [3.63, 3.8) is 0 Å². The zero-order valence-corrected chi connectivity index (χ0v) is 13.9. The molecule has 2 aromatic rings. The number of carbonyl (C=O) groups excluding carboxylic acids is 2. The Bertz CT molecular complexity index is 814. The van der Waals surface area contributed by atoms with Crippen LogP contribution in [0.15, 0.2) is 59.5 Å². The van der Waals surface area contributed by atoms with Crippen molar-refractivity contribution in [3.05, 3.63) is 65.7 Å². The van der Waals surface area contributed by atoms with E-state index in [1.54, 1.807) is 0 Å². The van der Waals surface area contributed by atoms with Crippen molar-refractivity contribution >= 4 is 21.7 Å². The van der Waals surface area contributed by atoms with Gasteiger partial charge in [-0.25, -0.2) is 8.42 Å². The van der Waals surface area contributed by atoms with Gasteiger partial charge >= 0.3 is 5.97 Å². The molecule has 126 valence electrons. The fourth-order valence-corrected chi connectivity index (χ4v) is 2.53. The molecule has 0 saturated carbocycles. The van der Waals surface area contributed by atoms with Crippen molar-refractivity contribution in [2.24, 2.45) is 0 Å². The lowest BCUT2D eigenvalue weighted by Crippen LogP contribution is -2.30. The van der Waals surface area contributed by atoms with Gasteiger partial charge in [-0.15, -0.1) is 0 Å². The fraction of sp³-hybridized carbons (Fsp3) is 0.176. The van der Waals surface area contributed by atoms with E-state index in [1.807, 2.05) is 30.3 Å². The molecule has 0 aliphatic heterocycles. The minimum atomic E-state index is -3.31. The molecule has 0 saturated heterocycles. The summed E-state index contributed by atoms with van der Waals surface area (Å²) in [5.74, 6) is -1.04. The van der Waals surface area contributed by atoms with E-state index in [2.05, 4.69) is 5.32 Å². The van der Waals surface area contributed by atoms with Crippen LogP contribution in [0.1, 0.15) is 15.9 Å². The summed E-state index contributed by atoms with van der Waals surface area (Å²) in [6, 6.07) is 14.7. The third-order valence-electron chi connectivity index (χ3n) is 3.18. The summed E-state index contributed by atoms with van der Waals surface area (Å²) in [4.78, 5) is 23.7. The summed E-state index contributed by atoms with van der Waals surface area (Å²) in [5.41, 5.74) is 1.12. The molecule has 6 nitrogen and oxygen atoms in total. The first-order valence-corrected chi connectivity index (χ1v) is 9.03. The van der Waals surface area contributed by atoms with Crippen molar-refractivity contribution < 1.29 is 22.7 Å². The summed E-state index contributed by atoms with van der Waals surface area (Å²) < 4.78 is 27.8. The third-order valence-corrected chi connectivity index (χ3v) is 4.31. The maximum Gasteiger partial charge on any atom is 0.325 e. The Hall–Kier alpha value is -2.67. The molecule has 0 bridgehead atoms. The quantitative estimate of drug-likeness (QED) is 0.801. The molecule has 0 fully saturated rings. The lowest BCUT2D eigenvalue weighted by atomic mass is 10.2. The molecule has 2 rings (SSSR count). The zero-order chi connectivity index (χ0) is 17.6. The maximum atomic E-state index is 11.9. The van der Waals surface area contributed by atoms with Crippen LogP contribution in [0.2, 0.25) is 0 Å². The molecule has 7 heteroatoms. The lowest BCUT2D eigenvalue weighted by Gasteiger charge is -2.07. The molecule has 0 aliphatic rings. The van der Waals surface area contributed by atoms with Gasteiger partial charge in [0.2, 0.25) is 0 Å². The number of nitrogens with one attached hydrogen (secondary N) is 1. The zero-order valence-electron chi connectivity index (χ0n) is 13.1. The summed E-state index contributed by atoms with van der Waals surface area (Å²) >= 11 is 0. The molecule has 1 N–H and O–H groups in total. The summed E-state index contributed by atoms with van der Waals surface area (Å²) in [7, 11) is -3.31. The highest BCUT2D eigenvalue weighted by molar-refractivity contribution is 7.90. The molecule has 0 aromatic heterocycles. The van der Waals surface area contributed by atoms with E-state index in [4.69, 9.17) is 4.74 Å². The van der Waals surface area contributed by atoms with Crippen molar-refractivity contribution in [1.29, 1.82) is 0 Å². The average Bonchev–Trinajstić information content (AvgIpc) is 2.58. The Labute approximate surface area is 140 Å². The topological polar surface area (TPSA) is 89.5 Å². The second kappa shape index (κ2) is 7.74. The smallest absolute Gasteiger partial charge is 0.325 e. The van der Waals surface area contributed by atoms with Gasteiger partial charge in [0.05, 0.1) is 4.90 Å². The van der Waals surface area contributed by atoms with Gasteiger partial charge in [-0.05, 0) is 29.8 Å². The van der Waals surface area contributed by atoms with E-state index in [0.717, 1.165) is 11.8 Å². The number of hydrogen-bond acceptors (Lipinski definition) is 5. The number of esters is 1. The largest absolute Gasteiger partial charge is 0.460 e. The van der Waals surface area contributed by atoms with Gasteiger partial charge in [-0.2, -0.15) is 0 Å². The predicted octanol–water partition coefficient (Wildman–Crippen LogP) is 1.56. The first-order chi connectivity index (χ1) is 11.4. The maximum absolute atomic E-state index is 11.9. The van der Waals surface area contributed by atoms with Crippen LogP contribution in [-0.4, -0.2) is 33.1 Å². The number of carbonyl (C=O) groups is 2. The van der Waals surface area contributed by atoms with E-state index < -0.39 is 21.7 Å². The summed E-state index contributed by atoms with van der Waals surface area (Å²) in [6.07, 6.45) is 1.09. The van der Waals surface area contributed by atoms with Crippen molar-refractivity contribution in [1.82, 2.24) is 5.32 Å². The van der Waals surface area contributed by atoms with Crippen molar-refractivity contribution in [3.8, 4) is 0 Å². The number of sulfone groups is 1. The minimum absolute atomic E-state index is 0.126. The molecule has 1 amide bonds. The number of benzene rings is 2. The van der Waals surface area contributed by atoms with Gasteiger partial charge < -0.3 is 10.1 Å². The van der Waals surface area contributed by atoms with E-state index in [-0.39, 0.29) is 23.6 Å². The second-order valence-electron chi connectivity index (χ2n) is 5.13. The standard InChI is InChI=1S/C17H17NO5S/c1-24(21,22)15-9-7-14(8-10-15)17(20)18-11-16(19)23-12-13-5-3-2-4-6-13/h2-10H,11-12H2,1H3,(H,18,20). The molecule has 0 spiro atoms. The normalized spacial score (nSPS) is 10.9. The highest BCUT2D eigenvalue weighted by Crippen LogP contribution is 2.10. The monoisotopic (exact) mass is 347 g/mol. The third kappa shape index (κ3) is 5.20. The van der Waals surface area contributed by atoms with Crippen LogP contribution in [-0.2, 0) is 26.0 Å². The predicted molar refractivity (Wildman–Crippen MR) is 88.1 cm³/mol. The minimum Gasteiger partial charge on any atom is -0.460 e. The molecular weight excluding hydrogens is 330 g/mol. The van der Waals surface area contributed by atoms with Gasteiger partial charge in [-0.3, -0.25) is 9.59 Å². The highest BCUT2D eigenvalue weighted by atomic mass is 32.2. The lowest BCUT2D eigenvalue weighted by molar-refractivity contribution is -0.143. The molecular formula is C17H17NO5S. The fourth-order valence-electron chi connectivity index (χ4n) is 1.90. The Morgan fingerprint density at radius 3 is 2.21 bits per heavy atom. The van der Waals surface area contributed by atoms with E-state index in [9.17, 15) is 18.0 Å².